The zero-order valence-electron chi connectivity index (χ0n) is 19.2. The molecule has 0 aromatic heterocycles. The topological polar surface area (TPSA) is 26.3 Å². The second-order valence-electron chi connectivity index (χ2n) is 7.75. The van der Waals surface area contributed by atoms with Crippen LogP contribution in [0.1, 0.15) is 57.2 Å². The van der Waals surface area contributed by atoms with E-state index in [1.165, 1.54) is 16.7 Å². The third-order valence-corrected chi connectivity index (χ3v) is 8.91. The molecule has 0 heterocycles. The standard InChI is InChI=1S/C28H34O2S/c1-5-9-28(29)30-31(25-16-10-22(6-2)11-17-25,26-18-12-23(7-3)13-19-26)27-20-14-24(8-4)15-21-27/h10-21H,5-9H2,1-4H3. The van der Waals surface area contributed by atoms with E-state index in [-0.39, 0.29) is 5.97 Å². The first-order valence-corrected chi connectivity index (χ1v) is 13.0. The van der Waals surface area contributed by atoms with Gasteiger partial charge in [-0.3, -0.25) is 4.79 Å². The molecule has 0 fully saturated rings. The summed E-state index contributed by atoms with van der Waals surface area (Å²) in [6.07, 6.45) is 4.13. The largest absolute Gasteiger partial charge is 0.402 e. The van der Waals surface area contributed by atoms with Crippen LogP contribution in [0.2, 0.25) is 0 Å². The molecule has 3 rings (SSSR count). The van der Waals surface area contributed by atoms with E-state index < -0.39 is 10.3 Å². The molecular weight excluding hydrogens is 400 g/mol. The molecule has 0 aliphatic heterocycles. The molecule has 31 heavy (non-hydrogen) atoms. The van der Waals surface area contributed by atoms with Gasteiger partial charge in [-0.2, -0.15) is 0 Å². The molecule has 0 radical (unpaired) electrons. The van der Waals surface area contributed by atoms with Crippen LogP contribution < -0.4 is 0 Å². The minimum atomic E-state index is -2.18. The molecular formula is C28H34O2S. The van der Waals surface area contributed by atoms with Crippen LogP contribution in [0.3, 0.4) is 0 Å². The molecule has 0 amide bonds. The number of carbonyl (C=O) groups is 1. The molecule has 0 atom stereocenters. The zero-order chi connectivity index (χ0) is 22.3. The van der Waals surface area contributed by atoms with Gasteiger partial charge in [0.15, 0.2) is 0 Å². The Hall–Kier alpha value is -2.52. The lowest BCUT2D eigenvalue weighted by atomic mass is 10.2. The minimum absolute atomic E-state index is 0.142. The highest BCUT2D eigenvalue weighted by Crippen LogP contribution is 2.69. The monoisotopic (exact) mass is 434 g/mol. The van der Waals surface area contributed by atoms with Gasteiger partial charge in [0.05, 0.1) is 0 Å². The van der Waals surface area contributed by atoms with Crippen molar-refractivity contribution in [2.45, 2.75) is 74.5 Å². The minimum Gasteiger partial charge on any atom is -0.402 e. The van der Waals surface area contributed by atoms with E-state index in [9.17, 15) is 4.79 Å². The number of benzene rings is 3. The fraction of sp³-hybridized carbons (Fsp3) is 0.321. The van der Waals surface area contributed by atoms with E-state index in [2.05, 4.69) is 93.6 Å². The molecule has 0 saturated heterocycles. The Morgan fingerprint density at radius 3 is 1.19 bits per heavy atom. The molecule has 2 nitrogen and oxygen atoms in total. The van der Waals surface area contributed by atoms with Gasteiger partial charge in [-0.15, -0.1) is 0 Å². The number of aryl methyl sites for hydroxylation is 3. The fourth-order valence-corrected chi connectivity index (χ4v) is 6.71. The Kier molecular flexibility index (Phi) is 7.97. The lowest BCUT2D eigenvalue weighted by molar-refractivity contribution is -0.133. The van der Waals surface area contributed by atoms with Crippen LogP contribution >= 0.6 is 10.3 Å². The van der Waals surface area contributed by atoms with Gasteiger partial charge in [0.1, 0.15) is 0 Å². The van der Waals surface area contributed by atoms with Crippen molar-refractivity contribution in [3.8, 4) is 0 Å². The lowest BCUT2D eigenvalue weighted by Crippen LogP contribution is -2.13. The average molecular weight is 435 g/mol. The summed E-state index contributed by atoms with van der Waals surface area (Å²) in [6, 6.07) is 25.8. The van der Waals surface area contributed by atoms with Gasteiger partial charge in [-0.25, -0.2) is 0 Å². The summed E-state index contributed by atoms with van der Waals surface area (Å²) in [7, 11) is -2.18. The van der Waals surface area contributed by atoms with Crippen LogP contribution in [-0.2, 0) is 28.2 Å². The number of carbonyl (C=O) groups excluding carboxylic acids is 1. The van der Waals surface area contributed by atoms with Crippen molar-refractivity contribution in [3.05, 3.63) is 89.5 Å². The Morgan fingerprint density at radius 2 is 0.935 bits per heavy atom. The van der Waals surface area contributed by atoms with Crippen molar-refractivity contribution >= 4 is 16.3 Å². The SMILES string of the molecule is CCCC(=O)OS(c1ccc(CC)cc1)(c1ccc(CC)cc1)c1ccc(CC)cc1. The first-order chi connectivity index (χ1) is 15.1. The Morgan fingerprint density at radius 1 is 0.613 bits per heavy atom. The third kappa shape index (κ3) is 5.04. The Bertz CT molecular complexity index is 857. The first kappa shape index (κ1) is 23.1. The Balaban J connectivity index is 2.27. The molecule has 164 valence electrons. The molecule has 0 aliphatic rings. The predicted molar refractivity (Wildman–Crippen MR) is 131 cm³/mol. The van der Waals surface area contributed by atoms with Gasteiger partial charge in [0, 0.05) is 21.1 Å². The van der Waals surface area contributed by atoms with Crippen LogP contribution in [0.15, 0.2) is 87.5 Å². The van der Waals surface area contributed by atoms with Crippen LogP contribution in [-0.4, -0.2) is 5.97 Å². The van der Waals surface area contributed by atoms with Gasteiger partial charge in [0.25, 0.3) is 0 Å². The van der Waals surface area contributed by atoms with E-state index in [0.29, 0.717) is 6.42 Å². The second kappa shape index (κ2) is 10.7. The second-order valence-corrected chi connectivity index (χ2v) is 10.4. The van der Waals surface area contributed by atoms with E-state index in [1.807, 2.05) is 6.92 Å². The predicted octanol–water partition coefficient (Wildman–Crippen LogP) is 7.91. The molecule has 0 unspecified atom stereocenters. The number of hydrogen-bond donors (Lipinski definition) is 0. The van der Waals surface area contributed by atoms with Gasteiger partial charge < -0.3 is 4.18 Å². The summed E-state index contributed by atoms with van der Waals surface area (Å²) >= 11 is 0. The summed E-state index contributed by atoms with van der Waals surface area (Å²) in [5.74, 6) is -0.142. The van der Waals surface area contributed by atoms with Gasteiger partial charge in [0.2, 0.25) is 0 Å². The van der Waals surface area contributed by atoms with E-state index >= 15 is 0 Å². The van der Waals surface area contributed by atoms with E-state index in [1.54, 1.807) is 0 Å². The molecule has 0 spiro atoms. The lowest BCUT2D eigenvalue weighted by Gasteiger charge is -2.40. The van der Waals surface area contributed by atoms with Gasteiger partial charge in [-0.05, 0) is 89.1 Å². The van der Waals surface area contributed by atoms with Crippen molar-refractivity contribution in [3.63, 3.8) is 0 Å². The highest BCUT2D eigenvalue weighted by molar-refractivity contribution is 8.30. The summed E-state index contributed by atoms with van der Waals surface area (Å²) in [6.45, 7) is 8.48. The van der Waals surface area contributed by atoms with Crippen LogP contribution in [0.25, 0.3) is 0 Å². The average Bonchev–Trinajstić information content (AvgIpc) is 2.83. The van der Waals surface area contributed by atoms with Gasteiger partial charge in [-0.1, -0.05) is 64.1 Å². The van der Waals surface area contributed by atoms with Crippen molar-refractivity contribution in [1.82, 2.24) is 0 Å². The maximum atomic E-state index is 12.9. The maximum absolute atomic E-state index is 12.9. The van der Waals surface area contributed by atoms with Gasteiger partial charge >= 0.3 is 5.97 Å². The van der Waals surface area contributed by atoms with Crippen molar-refractivity contribution in [2.24, 2.45) is 0 Å². The molecule has 0 aliphatic carbocycles. The van der Waals surface area contributed by atoms with E-state index in [0.717, 1.165) is 40.4 Å². The highest BCUT2D eigenvalue weighted by Gasteiger charge is 2.35. The number of rotatable bonds is 9. The van der Waals surface area contributed by atoms with Crippen LogP contribution in [0.5, 0.6) is 0 Å². The van der Waals surface area contributed by atoms with Crippen molar-refractivity contribution in [2.75, 3.05) is 0 Å². The zero-order valence-corrected chi connectivity index (χ0v) is 20.0. The fourth-order valence-electron chi connectivity index (χ4n) is 3.69. The molecule has 0 saturated carbocycles. The van der Waals surface area contributed by atoms with E-state index in [4.69, 9.17) is 4.18 Å². The summed E-state index contributed by atoms with van der Waals surface area (Å²) in [5, 5.41) is 0. The number of hydrogen-bond acceptors (Lipinski definition) is 2. The first-order valence-electron chi connectivity index (χ1n) is 11.4. The van der Waals surface area contributed by atoms with Crippen molar-refractivity contribution in [1.29, 1.82) is 0 Å². The molecule has 3 aromatic carbocycles. The quantitative estimate of drug-likeness (QED) is 0.342. The smallest absolute Gasteiger partial charge is 0.317 e. The molecule has 0 N–H and O–H groups in total. The molecule has 3 aromatic rings. The van der Waals surface area contributed by atoms with Crippen LogP contribution in [0, 0.1) is 0 Å². The summed E-state index contributed by atoms with van der Waals surface area (Å²) in [5.41, 5.74) is 3.83. The summed E-state index contributed by atoms with van der Waals surface area (Å²) < 4.78 is 6.50. The summed E-state index contributed by atoms with van der Waals surface area (Å²) in [4.78, 5) is 16.1. The Labute approximate surface area is 189 Å². The normalized spacial score (nSPS) is 11.9. The van der Waals surface area contributed by atoms with Crippen molar-refractivity contribution < 1.29 is 8.98 Å². The molecule has 3 heteroatoms. The van der Waals surface area contributed by atoms with Crippen LogP contribution in [0.4, 0.5) is 0 Å². The third-order valence-electron chi connectivity index (χ3n) is 5.66. The maximum Gasteiger partial charge on any atom is 0.317 e. The highest BCUT2D eigenvalue weighted by atomic mass is 32.3. The molecule has 0 bridgehead atoms.